The Morgan fingerprint density at radius 1 is 1.25 bits per heavy atom. The van der Waals surface area contributed by atoms with Crippen LogP contribution in [0.1, 0.15) is 58.3 Å². The number of rotatable bonds is 3. The molecule has 1 heterocycles. The molecule has 1 aromatic heterocycles. The van der Waals surface area contributed by atoms with E-state index in [4.69, 9.17) is 0 Å². The SMILES string of the molecule is CC(C)(C)C1CCc2c(sc(NC(=O)c3ccccc3)c2C=O)C1. The van der Waals surface area contributed by atoms with E-state index < -0.39 is 0 Å². The zero-order valence-electron chi connectivity index (χ0n) is 14.4. The van der Waals surface area contributed by atoms with Crippen molar-refractivity contribution in [3.8, 4) is 0 Å². The van der Waals surface area contributed by atoms with Gasteiger partial charge in [-0.2, -0.15) is 0 Å². The quantitative estimate of drug-likeness (QED) is 0.802. The lowest BCUT2D eigenvalue weighted by molar-refractivity contribution is 0.102. The monoisotopic (exact) mass is 341 g/mol. The van der Waals surface area contributed by atoms with E-state index in [2.05, 4.69) is 26.1 Å². The molecule has 3 rings (SSSR count). The fourth-order valence-corrected chi connectivity index (χ4v) is 4.62. The number of hydrogen-bond donors (Lipinski definition) is 1. The van der Waals surface area contributed by atoms with Gasteiger partial charge in [0, 0.05) is 10.4 Å². The van der Waals surface area contributed by atoms with Crippen molar-refractivity contribution in [2.45, 2.75) is 40.0 Å². The van der Waals surface area contributed by atoms with Crippen molar-refractivity contribution in [2.24, 2.45) is 11.3 Å². The molecule has 1 aliphatic rings. The highest BCUT2D eigenvalue weighted by atomic mass is 32.1. The van der Waals surface area contributed by atoms with Gasteiger partial charge in [-0.25, -0.2) is 0 Å². The first kappa shape index (κ1) is 16.9. The number of aldehydes is 1. The maximum absolute atomic E-state index is 12.4. The highest BCUT2D eigenvalue weighted by molar-refractivity contribution is 7.17. The summed E-state index contributed by atoms with van der Waals surface area (Å²) >= 11 is 1.57. The number of benzene rings is 1. The van der Waals surface area contributed by atoms with Crippen LogP contribution in [0.2, 0.25) is 0 Å². The van der Waals surface area contributed by atoms with E-state index in [1.807, 2.05) is 18.2 Å². The Morgan fingerprint density at radius 2 is 1.96 bits per heavy atom. The van der Waals surface area contributed by atoms with Crippen molar-refractivity contribution in [1.29, 1.82) is 0 Å². The molecule has 4 heteroatoms. The van der Waals surface area contributed by atoms with Crippen LogP contribution in [0.25, 0.3) is 0 Å². The number of fused-ring (bicyclic) bond motifs is 1. The van der Waals surface area contributed by atoms with Gasteiger partial charge in [-0.05, 0) is 48.3 Å². The molecule has 0 spiro atoms. The molecule has 1 amide bonds. The molecule has 0 aliphatic heterocycles. The fourth-order valence-electron chi connectivity index (χ4n) is 3.33. The molecule has 0 fully saturated rings. The van der Waals surface area contributed by atoms with Gasteiger partial charge in [0.2, 0.25) is 0 Å². The van der Waals surface area contributed by atoms with Crippen molar-refractivity contribution in [2.75, 3.05) is 5.32 Å². The average molecular weight is 341 g/mol. The van der Waals surface area contributed by atoms with Gasteiger partial charge in [-0.3, -0.25) is 9.59 Å². The normalized spacial score (nSPS) is 17.2. The molecule has 24 heavy (non-hydrogen) atoms. The Labute approximate surface area is 147 Å². The summed E-state index contributed by atoms with van der Waals surface area (Å²) in [7, 11) is 0. The molecule has 1 unspecified atom stereocenters. The van der Waals surface area contributed by atoms with Gasteiger partial charge in [-0.1, -0.05) is 39.0 Å². The van der Waals surface area contributed by atoms with Crippen LogP contribution in [0.3, 0.4) is 0 Å². The predicted octanol–water partition coefficient (Wildman–Crippen LogP) is 4.96. The van der Waals surface area contributed by atoms with Crippen LogP contribution in [0.4, 0.5) is 5.00 Å². The summed E-state index contributed by atoms with van der Waals surface area (Å²) in [4.78, 5) is 25.3. The molecule has 3 nitrogen and oxygen atoms in total. The first-order chi connectivity index (χ1) is 11.4. The van der Waals surface area contributed by atoms with Gasteiger partial charge in [0.25, 0.3) is 5.91 Å². The molecule has 0 saturated heterocycles. The molecule has 1 aromatic carbocycles. The second kappa shape index (κ2) is 6.52. The Balaban J connectivity index is 1.87. The van der Waals surface area contributed by atoms with Crippen molar-refractivity contribution >= 4 is 28.5 Å². The first-order valence-electron chi connectivity index (χ1n) is 8.36. The van der Waals surface area contributed by atoms with Gasteiger partial charge in [0.1, 0.15) is 5.00 Å². The van der Waals surface area contributed by atoms with E-state index in [0.29, 0.717) is 22.0 Å². The number of nitrogens with one attached hydrogen (secondary N) is 1. The Hall–Kier alpha value is -1.94. The molecule has 0 saturated carbocycles. The van der Waals surface area contributed by atoms with Crippen LogP contribution in [-0.4, -0.2) is 12.2 Å². The van der Waals surface area contributed by atoms with Gasteiger partial charge in [-0.15, -0.1) is 11.3 Å². The van der Waals surface area contributed by atoms with Crippen LogP contribution < -0.4 is 5.32 Å². The number of hydrogen-bond acceptors (Lipinski definition) is 3. The largest absolute Gasteiger partial charge is 0.313 e. The van der Waals surface area contributed by atoms with E-state index >= 15 is 0 Å². The second-order valence-corrected chi connectivity index (χ2v) is 8.60. The number of thiophene rings is 1. The third kappa shape index (κ3) is 3.29. The smallest absolute Gasteiger partial charge is 0.256 e. The Morgan fingerprint density at radius 3 is 2.58 bits per heavy atom. The Kier molecular flexibility index (Phi) is 4.59. The average Bonchev–Trinajstić information content (AvgIpc) is 2.90. The lowest BCUT2D eigenvalue weighted by atomic mass is 9.72. The highest BCUT2D eigenvalue weighted by Gasteiger charge is 2.32. The van der Waals surface area contributed by atoms with Crippen LogP contribution >= 0.6 is 11.3 Å². The number of amides is 1. The lowest BCUT2D eigenvalue weighted by Crippen LogP contribution is -2.26. The van der Waals surface area contributed by atoms with E-state index in [9.17, 15) is 9.59 Å². The standard InChI is InChI=1S/C20H23NO2S/c1-20(2,3)14-9-10-15-16(12-22)19(24-17(15)11-14)21-18(23)13-7-5-4-6-8-13/h4-8,12,14H,9-11H2,1-3H3,(H,21,23). The van der Waals surface area contributed by atoms with Crippen LogP contribution in [0.15, 0.2) is 30.3 Å². The third-order valence-electron chi connectivity index (χ3n) is 4.91. The highest BCUT2D eigenvalue weighted by Crippen LogP contribution is 2.43. The van der Waals surface area contributed by atoms with Gasteiger partial charge < -0.3 is 5.32 Å². The molecule has 1 N–H and O–H groups in total. The predicted molar refractivity (Wildman–Crippen MR) is 99.1 cm³/mol. The zero-order valence-corrected chi connectivity index (χ0v) is 15.2. The van der Waals surface area contributed by atoms with Crippen LogP contribution in [0.5, 0.6) is 0 Å². The lowest BCUT2D eigenvalue weighted by Gasteiger charge is -2.33. The van der Waals surface area contributed by atoms with Gasteiger partial charge in [0.05, 0.1) is 5.56 Å². The molecule has 126 valence electrons. The molecule has 1 atom stereocenters. The van der Waals surface area contributed by atoms with E-state index in [-0.39, 0.29) is 11.3 Å². The third-order valence-corrected chi connectivity index (χ3v) is 6.10. The summed E-state index contributed by atoms with van der Waals surface area (Å²) in [5.41, 5.74) is 2.68. The van der Waals surface area contributed by atoms with Gasteiger partial charge in [0.15, 0.2) is 6.29 Å². The molecular formula is C20H23NO2S. The topological polar surface area (TPSA) is 46.2 Å². The summed E-state index contributed by atoms with van der Waals surface area (Å²) in [5.74, 6) is 0.450. The van der Waals surface area contributed by atoms with E-state index in [0.717, 1.165) is 31.1 Å². The number of carbonyl (C=O) groups excluding carboxylic acids is 2. The number of carbonyl (C=O) groups is 2. The molecular weight excluding hydrogens is 318 g/mol. The minimum absolute atomic E-state index is 0.162. The molecule has 0 radical (unpaired) electrons. The summed E-state index contributed by atoms with van der Waals surface area (Å²) in [6, 6.07) is 9.11. The fraction of sp³-hybridized carbons (Fsp3) is 0.400. The van der Waals surface area contributed by atoms with E-state index in [1.165, 1.54) is 4.88 Å². The van der Waals surface area contributed by atoms with Crippen molar-refractivity contribution < 1.29 is 9.59 Å². The van der Waals surface area contributed by atoms with Crippen molar-refractivity contribution in [3.63, 3.8) is 0 Å². The molecule has 1 aliphatic carbocycles. The Bertz CT molecular complexity index is 756. The van der Waals surface area contributed by atoms with Crippen molar-refractivity contribution in [1.82, 2.24) is 0 Å². The molecule has 2 aromatic rings. The summed E-state index contributed by atoms with van der Waals surface area (Å²) in [5, 5.41) is 3.63. The molecule has 0 bridgehead atoms. The summed E-state index contributed by atoms with van der Waals surface area (Å²) in [6.07, 6.45) is 3.90. The summed E-state index contributed by atoms with van der Waals surface area (Å²) in [6.45, 7) is 6.82. The minimum atomic E-state index is -0.162. The van der Waals surface area contributed by atoms with Gasteiger partial charge >= 0.3 is 0 Å². The zero-order chi connectivity index (χ0) is 17.3. The van der Waals surface area contributed by atoms with Crippen LogP contribution in [-0.2, 0) is 12.8 Å². The van der Waals surface area contributed by atoms with Crippen LogP contribution in [0, 0.1) is 11.3 Å². The van der Waals surface area contributed by atoms with Crippen molar-refractivity contribution in [3.05, 3.63) is 51.9 Å². The minimum Gasteiger partial charge on any atom is -0.313 e. The maximum atomic E-state index is 12.4. The van der Waals surface area contributed by atoms with E-state index in [1.54, 1.807) is 23.5 Å². The first-order valence-corrected chi connectivity index (χ1v) is 9.18. The summed E-state index contributed by atoms with van der Waals surface area (Å²) < 4.78 is 0. The maximum Gasteiger partial charge on any atom is 0.256 e. The number of anilines is 1. The second-order valence-electron chi connectivity index (χ2n) is 7.49.